The second-order valence-corrected chi connectivity index (χ2v) is 7.35. The first kappa shape index (κ1) is 19.8. The van der Waals surface area contributed by atoms with Crippen LogP contribution in [0.5, 0.6) is 11.5 Å². The molecular formula is C27H27NO2. The number of benzene rings is 4. The lowest BCUT2D eigenvalue weighted by Crippen LogP contribution is -2.05. The fourth-order valence-corrected chi connectivity index (χ4v) is 3.51. The van der Waals surface area contributed by atoms with Crippen molar-refractivity contribution in [3.63, 3.8) is 0 Å². The van der Waals surface area contributed by atoms with Crippen molar-refractivity contribution in [1.82, 2.24) is 0 Å². The smallest absolute Gasteiger partial charge is 0.125 e. The van der Waals surface area contributed by atoms with Gasteiger partial charge in [0.2, 0.25) is 0 Å². The van der Waals surface area contributed by atoms with E-state index in [2.05, 4.69) is 72.9 Å². The molecule has 30 heavy (non-hydrogen) atoms. The fraction of sp³-hybridized carbons (Fsp3) is 0.185. The molecule has 3 heteroatoms. The lowest BCUT2D eigenvalue weighted by molar-refractivity contribution is 0.304. The Labute approximate surface area is 178 Å². The van der Waals surface area contributed by atoms with E-state index in [9.17, 15) is 0 Å². The molecule has 0 aliphatic carbocycles. The Bertz CT molecular complexity index is 1100. The van der Waals surface area contributed by atoms with E-state index in [0.29, 0.717) is 19.8 Å². The zero-order valence-corrected chi connectivity index (χ0v) is 17.5. The fourth-order valence-electron chi connectivity index (χ4n) is 3.51. The maximum absolute atomic E-state index is 6.25. The number of hydrogen-bond acceptors (Lipinski definition) is 3. The van der Waals surface area contributed by atoms with Gasteiger partial charge in [0, 0.05) is 17.8 Å². The Morgan fingerprint density at radius 2 is 1.53 bits per heavy atom. The van der Waals surface area contributed by atoms with Crippen molar-refractivity contribution in [2.45, 2.75) is 27.0 Å². The lowest BCUT2D eigenvalue weighted by atomic mass is 10.0. The molecule has 0 saturated heterocycles. The molecule has 0 aliphatic heterocycles. The summed E-state index contributed by atoms with van der Waals surface area (Å²) in [5.74, 6) is 1.79. The van der Waals surface area contributed by atoms with Gasteiger partial charge in [-0.25, -0.2) is 0 Å². The molecule has 0 radical (unpaired) electrons. The molecule has 0 aliphatic rings. The molecule has 0 spiro atoms. The third-order valence-corrected chi connectivity index (χ3v) is 5.15. The predicted molar refractivity (Wildman–Crippen MR) is 124 cm³/mol. The van der Waals surface area contributed by atoms with Crippen LogP contribution in [0.3, 0.4) is 0 Å². The van der Waals surface area contributed by atoms with E-state index in [4.69, 9.17) is 9.47 Å². The average molecular weight is 398 g/mol. The Morgan fingerprint density at radius 1 is 0.767 bits per heavy atom. The number of anilines is 1. The monoisotopic (exact) mass is 397 g/mol. The van der Waals surface area contributed by atoms with Crippen LogP contribution in [-0.4, -0.2) is 6.61 Å². The van der Waals surface area contributed by atoms with E-state index in [1.165, 1.54) is 21.9 Å². The minimum atomic E-state index is 0.550. The molecule has 4 aromatic rings. The van der Waals surface area contributed by atoms with Gasteiger partial charge in [-0.05, 0) is 60.5 Å². The van der Waals surface area contributed by atoms with E-state index in [0.717, 1.165) is 22.7 Å². The average Bonchev–Trinajstić information content (AvgIpc) is 2.78. The van der Waals surface area contributed by atoms with Crippen LogP contribution < -0.4 is 14.8 Å². The third kappa shape index (κ3) is 4.74. The summed E-state index contributed by atoms with van der Waals surface area (Å²) in [5.41, 5.74) is 4.63. The van der Waals surface area contributed by atoms with Crippen molar-refractivity contribution in [3.05, 3.63) is 102 Å². The summed E-state index contributed by atoms with van der Waals surface area (Å²) >= 11 is 0. The molecule has 0 amide bonds. The molecule has 0 heterocycles. The minimum Gasteiger partial charge on any atom is -0.494 e. The SMILES string of the molecule is CCOc1ccc(NCc2c(OCc3ccc(C)cc3)ccc3ccccc23)cc1. The molecule has 152 valence electrons. The summed E-state index contributed by atoms with van der Waals surface area (Å²) in [6, 6.07) is 29.2. The normalized spacial score (nSPS) is 10.7. The summed E-state index contributed by atoms with van der Waals surface area (Å²) in [7, 11) is 0. The highest BCUT2D eigenvalue weighted by Crippen LogP contribution is 2.30. The molecule has 0 unspecified atom stereocenters. The van der Waals surface area contributed by atoms with Gasteiger partial charge in [-0.1, -0.05) is 60.2 Å². The quantitative estimate of drug-likeness (QED) is 0.357. The van der Waals surface area contributed by atoms with Crippen LogP contribution in [0.15, 0.2) is 84.9 Å². The lowest BCUT2D eigenvalue weighted by Gasteiger charge is -2.16. The largest absolute Gasteiger partial charge is 0.494 e. The topological polar surface area (TPSA) is 30.5 Å². The van der Waals surface area contributed by atoms with Crippen LogP contribution in [0.1, 0.15) is 23.6 Å². The van der Waals surface area contributed by atoms with Gasteiger partial charge < -0.3 is 14.8 Å². The van der Waals surface area contributed by atoms with Crippen molar-refractivity contribution >= 4 is 16.5 Å². The second-order valence-electron chi connectivity index (χ2n) is 7.35. The van der Waals surface area contributed by atoms with Gasteiger partial charge in [0.05, 0.1) is 6.61 Å². The summed E-state index contributed by atoms with van der Waals surface area (Å²) in [4.78, 5) is 0. The first-order valence-electron chi connectivity index (χ1n) is 10.4. The highest BCUT2D eigenvalue weighted by atomic mass is 16.5. The van der Waals surface area contributed by atoms with E-state index in [1.54, 1.807) is 0 Å². The first-order chi connectivity index (χ1) is 14.7. The second kappa shape index (κ2) is 9.36. The molecule has 0 fully saturated rings. The molecule has 0 aromatic heterocycles. The van der Waals surface area contributed by atoms with Gasteiger partial charge in [-0.15, -0.1) is 0 Å². The number of nitrogens with one attached hydrogen (secondary N) is 1. The van der Waals surface area contributed by atoms with E-state index < -0.39 is 0 Å². The van der Waals surface area contributed by atoms with Crippen LogP contribution in [-0.2, 0) is 13.2 Å². The van der Waals surface area contributed by atoms with E-state index >= 15 is 0 Å². The standard InChI is InChI=1S/C27H27NO2/c1-3-29-24-15-13-23(14-16-24)28-18-26-25-7-5-4-6-22(25)12-17-27(26)30-19-21-10-8-20(2)9-11-21/h4-17,28H,3,18-19H2,1-2H3. The molecule has 1 N–H and O–H groups in total. The van der Waals surface area contributed by atoms with Gasteiger partial charge >= 0.3 is 0 Å². The van der Waals surface area contributed by atoms with Gasteiger partial charge in [-0.2, -0.15) is 0 Å². The van der Waals surface area contributed by atoms with Crippen molar-refractivity contribution in [1.29, 1.82) is 0 Å². The zero-order chi connectivity index (χ0) is 20.8. The van der Waals surface area contributed by atoms with Crippen LogP contribution >= 0.6 is 0 Å². The van der Waals surface area contributed by atoms with Crippen LogP contribution in [0.25, 0.3) is 10.8 Å². The third-order valence-electron chi connectivity index (χ3n) is 5.15. The highest BCUT2D eigenvalue weighted by Gasteiger charge is 2.10. The number of aryl methyl sites for hydroxylation is 1. The van der Waals surface area contributed by atoms with Crippen LogP contribution in [0.2, 0.25) is 0 Å². The summed E-state index contributed by atoms with van der Waals surface area (Å²) < 4.78 is 11.8. The number of fused-ring (bicyclic) bond motifs is 1. The zero-order valence-electron chi connectivity index (χ0n) is 17.5. The summed E-state index contributed by atoms with van der Waals surface area (Å²) in [5, 5.41) is 5.95. The molecule has 4 aromatic carbocycles. The molecular weight excluding hydrogens is 370 g/mol. The first-order valence-corrected chi connectivity index (χ1v) is 10.4. The number of ether oxygens (including phenoxy) is 2. The molecule has 3 nitrogen and oxygen atoms in total. The maximum atomic E-state index is 6.25. The van der Waals surface area contributed by atoms with Crippen molar-refractivity contribution in [3.8, 4) is 11.5 Å². The number of hydrogen-bond donors (Lipinski definition) is 1. The van der Waals surface area contributed by atoms with Gasteiger partial charge in [-0.3, -0.25) is 0 Å². The van der Waals surface area contributed by atoms with Crippen molar-refractivity contribution in [2.75, 3.05) is 11.9 Å². The summed E-state index contributed by atoms with van der Waals surface area (Å²) in [6.45, 7) is 5.99. The van der Waals surface area contributed by atoms with Gasteiger partial charge in [0.1, 0.15) is 18.1 Å². The molecule has 0 atom stereocenters. The predicted octanol–water partition coefficient (Wildman–Crippen LogP) is 6.74. The Morgan fingerprint density at radius 3 is 2.30 bits per heavy atom. The van der Waals surface area contributed by atoms with Crippen molar-refractivity contribution in [2.24, 2.45) is 0 Å². The molecule has 4 rings (SSSR count). The number of rotatable bonds is 8. The molecule has 0 bridgehead atoms. The summed E-state index contributed by atoms with van der Waals surface area (Å²) in [6.07, 6.45) is 0. The van der Waals surface area contributed by atoms with Gasteiger partial charge in [0.15, 0.2) is 0 Å². The Balaban J connectivity index is 1.56. The Hall–Kier alpha value is -3.46. The van der Waals surface area contributed by atoms with Crippen LogP contribution in [0.4, 0.5) is 5.69 Å². The van der Waals surface area contributed by atoms with Crippen molar-refractivity contribution < 1.29 is 9.47 Å². The van der Waals surface area contributed by atoms with E-state index in [-0.39, 0.29) is 0 Å². The Kier molecular flexibility index (Phi) is 6.19. The highest BCUT2D eigenvalue weighted by molar-refractivity contribution is 5.88. The van der Waals surface area contributed by atoms with E-state index in [1.807, 2.05) is 31.2 Å². The maximum Gasteiger partial charge on any atom is 0.125 e. The van der Waals surface area contributed by atoms with Crippen LogP contribution in [0, 0.1) is 6.92 Å². The minimum absolute atomic E-state index is 0.550. The van der Waals surface area contributed by atoms with Gasteiger partial charge in [0.25, 0.3) is 0 Å². The molecule has 0 saturated carbocycles.